The van der Waals surface area contributed by atoms with Crippen LogP contribution in [0.5, 0.6) is 5.88 Å². The van der Waals surface area contributed by atoms with Crippen LogP contribution >= 0.6 is 0 Å². The maximum absolute atomic E-state index is 9.26. The summed E-state index contributed by atoms with van der Waals surface area (Å²) < 4.78 is 0. The number of unbranched alkanes of at least 4 members (excludes halogenated alkanes) is 1. The number of hydrogen-bond donors (Lipinski definition) is 1. The van der Waals surface area contributed by atoms with Gasteiger partial charge in [0, 0.05) is 6.20 Å². The predicted octanol–water partition coefficient (Wildman–Crippen LogP) is 2.00. The molecule has 0 amide bonds. The number of nitriles is 1. The Bertz CT molecular complexity index is 328. The molecular formula is C10H12N2O. The fraction of sp³-hybridized carbons (Fsp3) is 0.400. The van der Waals surface area contributed by atoms with Crippen LogP contribution in [0.3, 0.4) is 0 Å². The molecule has 0 saturated heterocycles. The Balaban J connectivity index is 2.93. The van der Waals surface area contributed by atoms with Crippen LogP contribution in [0.15, 0.2) is 12.3 Å². The Morgan fingerprint density at radius 1 is 1.62 bits per heavy atom. The lowest BCUT2D eigenvalue weighted by atomic mass is 10.1. The van der Waals surface area contributed by atoms with Crippen molar-refractivity contribution < 1.29 is 5.11 Å². The molecule has 1 N–H and O–H groups in total. The Kier molecular flexibility index (Phi) is 3.27. The predicted molar refractivity (Wildman–Crippen MR) is 49.2 cm³/mol. The van der Waals surface area contributed by atoms with E-state index in [0.29, 0.717) is 5.56 Å². The minimum atomic E-state index is -0.156. The second-order valence-corrected chi connectivity index (χ2v) is 2.88. The van der Waals surface area contributed by atoms with Gasteiger partial charge in [0.1, 0.15) is 11.6 Å². The fourth-order valence-electron chi connectivity index (χ4n) is 1.19. The van der Waals surface area contributed by atoms with Crippen LogP contribution in [0.2, 0.25) is 0 Å². The zero-order valence-electron chi connectivity index (χ0n) is 7.62. The summed E-state index contributed by atoms with van der Waals surface area (Å²) in [4.78, 5) is 3.65. The molecule has 0 spiro atoms. The van der Waals surface area contributed by atoms with Crippen LogP contribution in [0.4, 0.5) is 0 Å². The average Bonchev–Trinajstić information content (AvgIpc) is 2.15. The highest BCUT2D eigenvalue weighted by Gasteiger charge is 2.06. The van der Waals surface area contributed by atoms with Gasteiger partial charge in [0.05, 0.1) is 0 Å². The van der Waals surface area contributed by atoms with Gasteiger partial charge in [-0.2, -0.15) is 5.26 Å². The molecule has 0 radical (unpaired) electrons. The molecule has 68 valence electrons. The Morgan fingerprint density at radius 2 is 2.38 bits per heavy atom. The number of aryl methyl sites for hydroxylation is 1. The van der Waals surface area contributed by atoms with Crippen molar-refractivity contribution in [3.8, 4) is 11.9 Å². The molecule has 0 fully saturated rings. The highest BCUT2D eigenvalue weighted by Crippen LogP contribution is 2.18. The summed E-state index contributed by atoms with van der Waals surface area (Å²) in [7, 11) is 0. The van der Waals surface area contributed by atoms with Crippen molar-refractivity contribution in [2.45, 2.75) is 26.2 Å². The quantitative estimate of drug-likeness (QED) is 0.766. The van der Waals surface area contributed by atoms with Crippen molar-refractivity contribution >= 4 is 0 Å². The van der Waals surface area contributed by atoms with E-state index in [1.54, 1.807) is 6.07 Å². The van der Waals surface area contributed by atoms with Crippen molar-refractivity contribution in [1.82, 2.24) is 4.98 Å². The van der Waals surface area contributed by atoms with E-state index in [-0.39, 0.29) is 5.88 Å². The Hall–Kier alpha value is -1.56. The van der Waals surface area contributed by atoms with Gasteiger partial charge in [0.25, 0.3) is 0 Å². The molecule has 0 aliphatic heterocycles. The molecule has 0 bridgehead atoms. The van der Waals surface area contributed by atoms with Crippen LogP contribution < -0.4 is 0 Å². The zero-order chi connectivity index (χ0) is 9.68. The Labute approximate surface area is 77.7 Å². The van der Waals surface area contributed by atoms with E-state index in [0.717, 1.165) is 24.8 Å². The van der Waals surface area contributed by atoms with Crippen molar-refractivity contribution in [2.24, 2.45) is 0 Å². The highest BCUT2D eigenvalue weighted by atomic mass is 16.3. The second-order valence-electron chi connectivity index (χ2n) is 2.88. The van der Waals surface area contributed by atoms with Crippen LogP contribution in [0.1, 0.15) is 30.9 Å². The topological polar surface area (TPSA) is 56.9 Å². The smallest absolute Gasteiger partial charge is 0.229 e. The SMILES string of the molecule is CCCCc1ccnc(O)c1C#N. The molecule has 1 rings (SSSR count). The van der Waals surface area contributed by atoms with E-state index >= 15 is 0 Å². The Morgan fingerprint density at radius 3 is 3.00 bits per heavy atom. The third-order valence-corrected chi connectivity index (χ3v) is 1.93. The summed E-state index contributed by atoms with van der Waals surface area (Å²) in [6.45, 7) is 2.09. The van der Waals surface area contributed by atoms with Crippen molar-refractivity contribution in [3.63, 3.8) is 0 Å². The lowest BCUT2D eigenvalue weighted by Gasteiger charge is -2.02. The number of nitrogens with zero attached hydrogens (tertiary/aromatic N) is 2. The van der Waals surface area contributed by atoms with E-state index in [1.807, 2.05) is 6.07 Å². The summed E-state index contributed by atoms with van der Waals surface area (Å²) >= 11 is 0. The number of hydrogen-bond acceptors (Lipinski definition) is 3. The normalized spacial score (nSPS) is 9.54. The molecule has 3 heteroatoms. The van der Waals surface area contributed by atoms with Gasteiger partial charge in [0.2, 0.25) is 5.88 Å². The highest BCUT2D eigenvalue weighted by molar-refractivity contribution is 5.43. The molecule has 13 heavy (non-hydrogen) atoms. The van der Waals surface area contributed by atoms with Gasteiger partial charge in [-0.25, -0.2) is 4.98 Å². The molecule has 1 aromatic heterocycles. The van der Waals surface area contributed by atoms with E-state index in [4.69, 9.17) is 5.26 Å². The summed E-state index contributed by atoms with van der Waals surface area (Å²) in [6, 6.07) is 3.75. The fourth-order valence-corrected chi connectivity index (χ4v) is 1.19. The van der Waals surface area contributed by atoms with E-state index in [2.05, 4.69) is 11.9 Å². The van der Waals surface area contributed by atoms with Crippen molar-refractivity contribution in [1.29, 1.82) is 5.26 Å². The largest absolute Gasteiger partial charge is 0.492 e. The third-order valence-electron chi connectivity index (χ3n) is 1.93. The number of aromatic nitrogens is 1. The summed E-state index contributed by atoms with van der Waals surface area (Å²) in [5.41, 5.74) is 1.20. The molecule has 0 atom stereocenters. The first-order valence-corrected chi connectivity index (χ1v) is 4.36. The molecule has 1 heterocycles. The van der Waals surface area contributed by atoms with E-state index in [9.17, 15) is 5.11 Å². The average molecular weight is 176 g/mol. The number of rotatable bonds is 3. The lowest BCUT2D eigenvalue weighted by molar-refractivity contribution is 0.450. The summed E-state index contributed by atoms with van der Waals surface area (Å²) in [5, 5.41) is 18.0. The molecular weight excluding hydrogens is 164 g/mol. The van der Waals surface area contributed by atoms with Gasteiger partial charge in [-0.1, -0.05) is 13.3 Å². The lowest BCUT2D eigenvalue weighted by Crippen LogP contribution is -1.92. The first-order chi connectivity index (χ1) is 6.29. The second kappa shape index (κ2) is 4.46. The van der Waals surface area contributed by atoms with Crippen LogP contribution in [0, 0.1) is 11.3 Å². The molecule has 3 nitrogen and oxygen atoms in total. The summed E-state index contributed by atoms with van der Waals surface area (Å²) in [6.07, 6.45) is 4.46. The van der Waals surface area contributed by atoms with Gasteiger partial charge in [-0.15, -0.1) is 0 Å². The standard InChI is InChI=1S/C10H12N2O/c1-2-3-4-8-5-6-12-10(13)9(8)7-11/h5-6H,2-4H2,1H3,(H,12,13). The van der Waals surface area contributed by atoms with Crippen molar-refractivity contribution in [2.75, 3.05) is 0 Å². The van der Waals surface area contributed by atoms with Gasteiger partial charge < -0.3 is 5.11 Å². The molecule has 1 aromatic rings. The molecule has 0 aliphatic rings. The first-order valence-electron chi connectivity index (χ1n) is 4.36. The van der Waals surface area contributed by atoms with Gasteiger partial charge in [-0.05, 0) is 24.5 Å². The van der Waals surface area contributed by atoms with Gasteiger partial charge in [-0.3, -0.25) is 0 Å². The minimum absolute atomic E-state index is 0.156. The number of aromatic hydroxyl groups is 1. The minimum Gasteiger partial charge on any atom is -0.492 e. The van der Waals surface area contributed by atoms with E-state index < -0.39 is 0 Å². The molecule has 0 unspecified atom stereocenters. The molecule has 0 saturated carbocycles. The van der Waals surface area contributed by atoms with Crippen LogP contribution in [-0.4, -0.2) is 10.1 Å². The molecule has 0 aromatic carbocycles. The maximum atomic E-state index is 9.26. The van der Waals surface area contributed by atoms with Crippen molar-refractivity contribution in [3.05, 3.63) is 23.4 Å². The first kappa shape index (κ1) is 9.53. The van der Waals surface area contributed by atoms with E-state index in [1.165, 1.54) is 6.20 Å². The zero-order valence-corrected chi connectivity index (χ0v) is 7.62. The molecule has 0 aliphatic carbocycles. The van der Waals surface area contributed by atoms with Crippen LogP contribution in [0.25, 0.3) is 0 Å². The van der Waals surface area contributed by atoms with Gasteiger partial charge in [0.15, 0.2) is 0 Å². The summed E-state index contributed by atoms with van der Waals surface area (Å²) in [5.74, 6) is -0.156. The van der Waals surface area contributed by atoms with Crippen LogP contribution in [-0.2, 0) is 6.42 Å². The van der Waals surface area contributed by atoms with Gasteiger partial charge >= 0.3 is 0 Å². The number of pyridine rings is 1. The monoisotopic (exact) mass is 176 g/mol. The third kappa shape index (κ3) is 2.19. The maximum Gasteiger partial charge on any atom is 0.229 e.